The second-order valence-electron chi connectivity index (χ2n) is 6.96. The molecule has 1 aliphatic rings. The fourth-order valence-corrected chi connectivity index (χ4v) is 4.77. The van der Waals surface area contributed by atoms with E-state index in [-0.39, 0.29) is 35.2 Å². The van der Waals surface area contributed by atoms with E-state index >= 15 is 0 Å². The molecule has 1 heterocycles. The summed E-state index contributed by atoms with van der Waals surface area (Å²) in [6.07, 6.45) is -0.226. The molecule has 2 atom stereocenters. The molecule has 1 fully saturated rings. The van der Waals surface area contributed by atoms with Gasteiger partial charge in [0, 0.05) is 18.8 Å². The van der Waals surface area contributed by atoms with Crippen LogP contribution < -0.4 is 5.32 Å². The Balaban J connectivity index is 1.65. The van der Waals surface area contributed by atoms with Crippen LogP contribution in [-0.2, 0) is 26.0 Å². The van der Waals surface area contributed by atoms with E-state index in [1.165, 1.54) is 28.6 Å². The first-order chi connectivity index (χ1) is 13.2. The number of ether oxygens (including phenoxy) is 1. The van der Waals surface area contributed by atoms with Crippen LogP contribution >= 0.6 is 0 Å². The summed E-state index contributed by atoms with van der Waals surface area (Å²) >= 11 is 0. The SMILES string of the molecule is CC1CN(S(=O)(=O)c2ccc(NC(=O)Cc3ccc(F)cc3)cc2)CC(C)O1. The molecule has 0 saturated carbocycles. The van der Waals surface area contributed by atoms with Crippen LogP contribution in [0, 0.1) is 5.82 Å². The van der Waals surface area contributed by atoms with Crippen molar-refractivity contribution in [1.29, 1.82) is 0 Å². The summed E-state index contributed by atoms with van der Waals surface area (Å²) in [5, 5.41) is 2.72. The van der Waals surface area contributed by atoms with Crippen molar-refractivity contribution in [3.05, 3.63) is 59.9 Å². The molecule has 1 amide bonds. The lowest BCUT2D eigenvalue weighted by Gasteiger charge is -2.34. The molecular formula is C20H23FN2O4S. The van der Waals surface area contributed by atoms with Gasteiger partial charge in [0.25, 0.3) is 0 Å². The summed E-state index contributed by atoms with van der Waals surface area (Å²) in [6, 6.07) is 11.8. The van der Waals surface area contributed by atoms with E-state index in [9.17, 15) is 17.6 Å². The molecule has 1 N–H and O–H groups in total. The van der Waals surface area contributed by atoms with E-state index in [4.69, 9.17) is 4.74 Å². The largest absolute Gasteiger partial charge is 0.373 e. The van der Waals surface area contributed by atoms with Crippen molar-refractivity contribution in [2.45, 2.75) is 37.4 Å². The molecule has 1 aliphatic heterocycles. The average molecular weight is 406 g/mol. The predicted octanol–water partition coefficient (Wildman–Crippen LogP) is 2.80. The fraction of sp³-hybridized carbons (Fsp3) is 0.350. The number of amides is 1. The Morgan fingerprint density at radius 2 is 1.64 bits per heavy atom. The van der Waals surface area contributed by atoms with Crippen molar-refractivity contribution in [1.82, 2.24) is 4.31 Å². The molecule has 0 spiro atoms. The molecule has 0 radical (unpaired) electrons. The zero-order valence-electron chi connectivity index (χ0n) is 15.8. The summed E-state index contributed by atoms with van der Waals surface area (Å²) in [5.74, 6) is -0.622. The maximum absolute atomic E-state index is 12.9. The van der Waals surface area contributed by atoms with E-state index in [1.807, 2.05) is 13.8 Å². The molecular weight excluding hydrogens is 383 g/mol. The summed E-state index contributed by atoms with van der Waals surface area (Å²) in [7, 11) is -3.62. The number of benzene rings is 2. The van der Waals surface area contributed by atoms with E-state index < -0.39 is 10.0 Å². The third-order valence-electron chi connectivity index (χ3n) is 4.44. The minimum Gasteiger partial charge on any atom is -0.373 e. The van der Waals surface area contributed by atoms with Gasteiger partial charge in [-0.25, -0.2) is 12.8 Å². The summed E-state index contributed by atoms with van der Waals surface area (Å²) in [4.78, 5) is 12.3. The van der Waals surface area contributed by atoms with Gasteiger partial charge < -0.3 is 10.1 Å². The third-order valence-corrected chi connectivity index (χ3v) is 6.29. The Morgan fingerprint density at radius 3 is 2.21 bits per heavy atom. The highest BCUT2D eigenvalue weighted by Crippen LogP contribution is 2.22. The Kier molecular flexibility index (Phi) is 6.12. The van der Waals surface area contributed by atoms with Gasteiger partial charge >= 0.3 is 0 Å². The fourth-order valence-electron chi connectivity index (χ4n) is 3.18. The Morgan fingerprint density at radius 1 is 1.07 bits per heavy atom. The van der Waals surface area contributed by atoms with Crippen LogP contribution in [-0.4, -0.2) is 43.9 Å². The molecule has 28 heavy (non-hydrogen) atoms. The lowest BCUT2D eigenvalue weighted by Crippen LogP contribution is -2.48. The van der Waals surface area contributed by atoms with Crippen molar-refractivity contribution in [3.8, 4) is 0 Å². The van der Waals surface area contributed by atoms with Crippen LogP contribution in [0.2, 0.25) is 0 Å². The van der Waals surface area contributed by atoms with Crippen LogP contribution in [0.25, 0.3) is 0 Å². The molecule has 1 saturated heterocycles. The summed E-state index contributed by atoms with van der Waals surface area (Å²) in [6.45, 7) is 4.31. The van der Waals surface area contributed by atoms with Gasteiger partial charge in [-0.3, -0.25) is 4.79 Å². The van der Waals surface area contributed by atoms with Crippen LogP contribution in [0.3, 0.4) is 0 Å². The number of nitrogens with zero attached hydrogens (tertiary/aromatic N) is 1. The minimum absolute atomic E-state index is 0.101. The van der Waals surface area contributed by atoms with E-state index in [1.54, 1.807) is 24.3 Å². The third kappa shape index (κ3) is 4.95. The Bertz CT molecular complexity index is 920. The molecule has 2 unspecified atom stereocenters. The van der Waals surface area contributed by atoms with Crippen molar-refractivity contribution in [2.75, 3.05) is 18.4 Å². The molecule has 0 aromatic heterocycles. The van der Waals surface area contributed by atoms with Gasteiger partial charge in [-0.2, -0.15) is 4.31 Å². The monoisotopic (exact) mass is 406 g/mol. The molecule has 2 aromatic carbocycles. The Labute approximate surface area is 164 Å². The number of sulfonamides is 1. The van der Waals surface area contributed by atoms with Crippen molar-refractivity contribution >= 4 is 21.6 Å². The number of anilines is 1. The second-order valence-corrected chi connectivity index (χ2v) is 8.89. The molecule has 150 valence electrons. The van der Waals surface area contributed by atoms with Gasteiger partial charge in [0.1, 0.15) is 5.82 Å². The summed E-state index contributed by atoms with van der Waals surface area (Å²) < 4.78 is 45.6. The van der Waals surface area contributed by atoms with Crippen LogP contribution in [0.15, 0.2) is 53.4 Å². The van der Waals surface area contributed by atoms with Crippen molar-refractivity contribution in [2.24, 2.45) is 0 Å². The molecule has 8 heteroatoms. The first-order valence-corrected chi connectivity index (χ1v) is 10.5. The van der Waals surface area contributed by atoms with Gasteiger partial charge in [-0.05, 0) is 55.8 Å². The number of hydrogen-bond donors (Lipinski definition) is 1. The lowest BCUT2D eigenvalue weighted by molar-refractivity contribution is -0.115. The van der Waals surface area contributed by atoms with Gasteiger partial charge in [0.05, 0.1) is 23.5 Å². The zero-order chi connectivity index (χ0) is 20.3. The number of carbonyl (C=O) groups is 1. The maximum atomic E-state index is 12.9. The zero-order valence-corrected chi connectivity index (χ0v) is 16.6. The van der Waals surface area contributed by atoms with Crippen LogP contribution in [0.1, 0.15) is 19.4 Å². The second kappa shape index (κ2) is 8.38. The average Bonchev–Trinajstić information content (AvgIpc) is 2.63. The number of rotatable bonds is 5. The quantitative estimate of drug-likeness (QED) is 0.829. The van der Waals surface area contributed by atoms with Crippen molar-refractivity contribution < 1.29 is 22.3 Å². The number of morpholine rings is 1. The van der Waals surface area contributed by atoms with E-state index in [2.05, 4.69) is 5.32 Å². The predicted molar refractivity (Wildman–Crippen MR) is 104 cm³/mol. The maximum Gasteiger partial charge on any atom is 0.243 e. The summed E-state index contributed by atoms with van der Waals surface area (Å²) in [5.41, 5.74) is 1.18. The molecule has 0 bridgehead atoms. The molecule has 3 rings (SSSR count). The first kappa shape index (κ1) is 20.4. The van der Waals surface area contributed by atoms with Crippen molar-refractivity contribution in [3.63, 3.8) is 0 Å². The highest BCUT2D eigenvalue weighted by molar-refractivity contribution is 7.89. The molecule has 6 nitrogen and oxygen atoms in total. The standard InChI is InChI=1S/C20H23FN2O4S/c1-14-12-23(13-15(2)27-14)28(25,26)19-9-7-18(8-10-19)22-20(24)11-16-3-5-17(21)6-4-16/h3-10,14-15H,11-13H2,1-2H3,(H,22,24). The number of hydrogen-bond acceptors (Lipinski definition) is 4. The number of carbonyl (C=O) groups excluding carboxylic acids is 1. The Hall–Kier alpha value is -2.29. The van der Waals surface area contributed by atoms with E-state index in [0.29, 0.717) is 24.3 Å². The first-order valence-electron chi connectivity index (χ1n) is 9.04. The normalized spacial score (nSPS) is 20.7. The van der Waals surface area contributed by atoms with E-state index in [0.717, 1.165) is 0 Å². The van der Waals surface area contributed by atoms with Gasteiger partial charge in [0.2, 0.25) is 15.9 Å². The topological polar surface area (TPSA) is 75.7 Å². The lowest BCUT2D eigenvalue weighted by atomic mass is 10.1. The highest BCUT2D eigenvalue weighted by atomic mass is 32.2. The number of nitrogens with one attached hydrogen (secondary N) is 1. The van der Waals surface area contributed by atoms with Gasteiger partial charge in [-0.15, -0.1) is 0 Å². The molecule has 0 aliphatic carbocycles. The minimum atomic E-state index is -3.62. The van der Waals surface area contributed by atoms with Crippen LogP contribution in [0.4, 0.5) is 10.1 Å². The smallest absolute Gasteiger partial charge is 0.243 e. The van der Waals surface area contributed by atoms with Gasteiger partial charge in [-0.1, -0.05) is 12.1 Å². The highest BCUT2D eigenvalue weighted by Gasteiger charge is 2.32. The number of halogens is 1. The van der Waals surface area contributed by atoms with Gasteiger partial charge in [0.15, 0.2) is 0 Å². The van der Waals surface area contributed by atoms with Crippen LogP contribution in [0.5, 0.6) is 0 Å². The molecule has 2 aromatic rings.